The number of carbonyl (C=O) groups is 1. The normalized spacial score (nSPS) is 15.2. The molecule has 0 spiro atoms. The molecule has 0 unspecified atom stereocenters. The van der Waals surface area contributed by atoms with Crippen molar-refractivity contribution in [3.8, 4) is 0 Å². The second-order valence-corrected chi connectivity index (χ2v) is 7.30. The summed E-state index contributed by atoms with van der Waals surface area (Å²) >= 11 is 0. The molecule has 0 saturated carbocycles. The van der Waals surface area contributed by atoms with E-state index in [0.29, 0.717) is 5.56 Å². The Kier molecular flexibility index (Phi) is 4.90. The van der Waals surface area contributed by atoms with Crippen molar-refractivity contribution in [1.82, 2.24) is 19.7 Å². The molecule has 0 aliphatic carbocycles. The van der Waals surface area contributed by atoms with Gasteiger partial charge < -0.3 is 5.32 Å². The Bertz CT molecular complexity index is 972. The van der Waals surface area contributed by atoms with Crippen LogP contribution in [0.4, 0.5) is 5.69 Å². The van der Waals surface area contributed by atoms with Gasteiger partial charge in [0, 0.05) is 30.9 Å². The number of hydrogen-bond donors (Lipinski definition) is 1. The molecule has 1 amide bonds. The second-order valence-electron chi connectivity index (χ2n) is 7.30. The van der Waals surface area contributed by atoms with Crippen LogP contribution in [0.15, 0.2) is 36.5 Å². The third-order valence-electron chi connectivity index (χ3n) is 5.16. The van der Waals surface area contributed by atoms with Gasteiger partial charge in [-0.05, 0) is 56.6 Å². The molecule has 27 heavy (non-hydrogen) atoms. The summed E-state index contributed by atoms with van der Waals surface area (Å²) in [7, 11) is 1.86. The molecule has 1 fully saturated rings. The van der Waals surface area contributed by atoms with Crippen LogP contribution in [0.3, 0.4) is 0 Å². The number of carbonyl (C=O) groups excluding carboxylic acids is 1. The number of aromatic nitrogens is 3. The Hall–Kier alpha value is -2.73. The second kappa shape index (κ2) is 7.48. The van der Waals surface area contributed by atoms with Crippen molar-refractivity contribution in [2.45, 2.75) is 32.7 Å². The summed E-state index contributed by atoms with van der Waals surface area (Å²) in [6, 6.07) is 9.97. The Morgan fingerprint density at radius 2 is 2.00 bits per heavy atom. The van der Waals surface area contributed by atoms with Crippen molar-refractivity contribution < 1.29 is 4.79 Å². The standard InChI is InChI=1S/C21H25N5O/c1-15-19-12-17(13-22-20(19)25(2)24-15)21(27)23-18-8-6-7-16(11-18)14-26-9-4-3-5-10-26/h6-8,11-13H,3-5,9-10,14H2,1-2H3,(H,23,27). The number of amides is 1. The molecular formula is C21H25N5O. The molecule has 1 aliphatic rings. The van der Waals surface area contributed by atoms with Crippen molar-refractivity contribution in [2.24, 2.45) is 7.05 Å². The molecule has 140 valence electrons. The van der Waals surface area contributed by atoms with Gasteiger partial charge in [0.25, 0.3) is 5.91 Å². The molecule has 0 atom stereocenters. The lowest BCUT2D eigenvalue weighted by Crippen LogP contribution is -2.29. The lowest BCUT2D eigenvalue weighted by Gasteiger charge is -2.26. The summed E-state index contributed by atoms with van der Waals surface area (Å²) in [5.74, 6) is -0.150. The maximum absolute atomic E-state index is 12.7. The number of benzene rings is 1. The van der Waals surface area contributed by atoms with Gasteiger partial charge in [0.1, 0.15) is 0 Å². The van der Waals surface area contributed by atoms with Crippen LogP contribution in [0.1, 0.15) is 40.9 Å². The first-order valence-corrected chi connectivity index (χ1v) is 9.52. The minimum atomic E-state index is -0.150. The van der Waals surface area contributed by atoms with E-state index in [0.717, 1.165) is 42.0 Å². The number of likely N-dealkylation sites (tertiary alicyclic amines) is 1. The topological polar surface area (TPSA) is 63.1 Å². The summed E-state index contributed by atoms with van der Waals surface area (Å²) in [6.07, 6.45) is 5.50. The molecule has 1 aliphatic heterocycles. The van der Waals surface area contributed by atoms with Crippen molar-refractivity contribution >= 4 is 22.6 Å². The Labute approximate surface area is 159 Å². The minimum absolute atomic E-state index is 0.150. The van der Waals surface area contributed by atoms with Gasteiger partial charge in [-0.25, -0.2) is 4.98 Å². The number of nitrogens with zero attached hydrogens (tertiary/aromatic N) is 4. The first kappa shape index (κ1) is 17.7. The number of pyridine rings is 1. The third kappa shape index (κ3) is 3.85. The van der Waals surface area contributed by atoms with Crippen LogP contribution >= 0.6 is 0 Å². The number of nitrogens with one attached hydrogen (secondary N) is 1. The highest BCUT2D eigenvalue weighted by Crippen LogP contribution is 2.19. The van der Waals surface area contributed by atoms with Gasteiger partial charge in [0.15, 0.2) is 5.65 Å². The number of fused-ring (bicyclic) bond motifs is 1. The highest BCUT2D eigenvalue weighted by molar-refractivity contribution is 6.05. The van der Waals surface area contributed by atoms with E-state index in [2.05, 4.69) is 32.4 Å². The Morgan fingerprint density at radius 3 is 2.81 bits per heavy atom. The number of aryl methyl sites for hydroxylation is 2. The lowest BCUT2D eigenvalue weighted by molar-refractivity contribution is 0.102. The first-order valence-electron chi connectivity index (χ1n) is 9.52. The fourth-order valence-electron chi connectivity index (χ4n) is 3.76. The number of piperidine rings is 1. The van der Waals surface area contributed by atoms with E-state index in [9.17, 15) is 4.79 Å². The molecule has 1 saturated heterocycles. The largest absolute Gasteiger partial charge is 0.322 e. The first-order chi connectivity index (χ1) is 13.1. The van der Waals surface area contributed by atoms with E-state index in [-0.39, 0.29) is 5.91 Å². The molecule has 1 aromatic carbocycles. The van der Waals surface area contributed by atoms with Crippen LogP contribution in [0.5, 0.6) is 0 Å². The van der Waals surface area contributed by atoms with Crippen LogP contribution in [-0.2, 0) is 13.6 Å². The molecule has 3 aromatic rings. The monoisotopic (exact) mass is 363 g/mol. The fraction of sp³-hybridized carbons (Fsp3) is 0.381. The van der Waals surface area contributed by atoms with Crippen molar-refractivity contribution in [2.75, 3.05) is 18.4 Å². The smallest absolute Gasteiger partial charge is 0.257 e. The van der Waals surface area contributed by atoms with Crippen LogP contribution < -0.4 is 5.32 Å². The molecule has 0 radical (unpaired) electrons. The zero-order chi connectivity index (χ0) is 18.8. The number of hydrogen-bond acceptors (Lipinski definition) is 4. The van der Waals surface area contributed by atoms with Crippen molar-refractivity contribution in [3.05, 3.63) is 53.3 Å². The number of rotatable bonds is 4. The van der Waals surface area contributed by atoms with Gasteiger partial charge in [0.05, 0.1) is 11.3 Å². The summed E-state index contributed by atoms with van der Waals surface area (Å²) in [5, 5.41) is 8.27. The summed E-state index contributed by atoms with van der Waals surface area (Å²) < 4.78 is 1.73. The zero-order valence-electron chi connectivity index (χ0n) is 15.9. The molecule has 6 heteroatoms. The van der Waals surface area contributed by atoms with Crippen LogP contribution in [0.2, 0.25) is 0 Å². The van der Waals surface area contributed by atoms with E-state index in [1.54, 1.807) is 10.9 Å². The predicted octanol–water partition coefficient (Wildman–Crippen LogP) is 3.51. The summed E-state index contributed by atoms with van der Waals surface area (Å²) in [4.78, 5) is 19.6. The molecule has 1 N–H and O–H groups in total. The van der Waals surface area contributed by atoms with E-state index < -0.39 is 0 Å². The minimum Gasteiger partial charge on any atom is -0.322 e. The van der Waals surface area contributed by atoms with E-state index in [4.69, 9.17) is 0 Å². The van der Waals surface area contributed by atoms with Crippen LogP contribution in [0, 0.1) is 6.92 Å². The predicted molar refractivity (Wildman–Crippen MR) is 107 cm³/mol. The fourth-order valence-corrected chi connectivity index (χ4v) is 3.76. The van der Waals surface area contributed by atoms with Crippen LogP contribution in [0.25, 0.3) is 11.0 Å². The summed E-state index contributed by atoms with van der Waals surface area (Å²) in [5.41, 5.74) is 4.25. The maximum atomic E-state index is 12.7. The van der Waals surface area contributed by atoms with Crippen LogP contribution in [-0.4, -0.2) is 38.7 Å². The van der Waals surface area contributed by atoms with Gasteiger partial charge in [-0.15, -0.1) is 0 Å². The molecule has 0 bridgehead atoms. The molecular weight excluding hydrogens is 338 g/mol. The van der Waals surface area contributed by atoms with Gasteiger partial charge in [-0.1, -0.05) is 18.6 Å². The maximum Gasteiger partial charge on any atom is 0.257 e. The SMILES string of the molecule is Cc1nn(C)c2ncc(C(=O)Nc3cccc(CN4CCCCC4)c3)cc12. The zero-order valence-corrected chi connectivity index (χ0v) is 15.9. The highest BCUT2D eigenvalue weighted by atomic mass is 16.1. The quantitative estimate of drug-likeness (QED) is 0.770. The van der Waals surface area contributed by atoms with Gasteiger partial charge in [-0.3, -0.25) is 14.4 Å². The van der Waals surface area contributed by atoms with Gasteiger partial charge in [-0.2, -0.15) is 5.10 Å². The average Bonchev–Trinajstić information content (AvgIpc) is 2.96. The molecule has 6 nitrogen and oxygen atoms in total. The van der Waals surface area contributed by atoms with E-state index in [1.165, 1.54) is 24.8 Å². The average molecular weight is 363 g/mol. The molecule has 2 aromatic heterocycles. The van der Waals surface area contributed by atoms with E-state index >= 15 is 0 Å². The Morgan fingerprint density at radius 1 is 1.19 bits per heavy atom. The summed E-state index contributed by atoms with van der Waals surface area (Å²) in [6.45, 7) is 5.18. The molecule has 3 heterocycles. The van der Waals surface area contributed by atoms with Crippen molar-refractivity contribution in [1.29, 1.82) is 0 Å². The number of anilines is 1. The van der Waals surface area contributed by atoms with E-state index in [1.807, 2.05) is 32.2 Å². The molecule has 4 rings (SSSR count). The van der Waals surface area contributed by atoms with Crippen molar-refractivity contribution in [3.63, 3.8) is 0 Å². The van der Waals surface area contributed by atoms with Gasteiger partial charge in [0.2, 0.25) is 0 Å². The third-order valence-corrected chi connectivity index (χ3v) is 5.16. The van der Waals surface area contributed by atoms with Gasteiger partial charge >= 0.3 is 0 Å². The highest BCUT2D eigenvalue weighted by Gasteiger charge is 2.13. The Balaban J connectivity index is 1.49. The lowest BCUT2D eigenvalue weighted by atomic mass is 10.1.